The van der Waals surface area contributed by atoms with E-state index in [1.54, 1.807) is 38.1 Å². The van der Waals surface area contributed by atoms with Crippen molar-refractivity contribution in [3.63, 3.8) is 0 Å². The maximum atomic E-state index is 13.7. The maximum absolute atomic E-state index is 13.7. The van der Waals surface area contributed by atoms with Crippen LogP contribution in [0.4, 0.5) is 4.79 Å². The highest BCUT2D eigenvalue weighted by atomic mass is 32.1. The van der Waals surface area contributed by atoms with Gasteiger partial charge in [-0.1, -0.05) is 53.7 Å². The Bertz CT molecular complexity index is 1420. The third-order valence-electron chi connectivity index (χ3n) is 8.07. The molecule has 1 heterocycles. The number of nitrogens with one attached hydrogen (secondary N) is 5. The summed E-state index contributed by atoms with van der Waals surface area (Å²) in [6.07, 6.45) is -2.22. The van der Waals surface area contributed by atoms with Crippen LogP contribution in [0.15, 0.2) is 29.6 Å². The highest BCUT2D eigenvalue weighted by Gasteiger charge is 2.32. The Balaban J connectivity index is 2.24. The average Bonchev–Trinajstić information content (AvgIpc) is 3.47. The largest absolute Gasteiger partial charge is 0.497 e. The first-order valence-electron chi connectivity index (χ1n) is 16.9. The van der Waals surface area contributed by atoms with E-state index in [4.69, 9.17) is 4.74 Å². The van der Waals surface area contributed by atoms with Crippen molar-refractivity contribution < 1.29 is 38.9 Å². The molecule has 50 heavy (non-hydrogen) atoms. The fraction of sp³-hybridized carbons (Fsp3) is 0.600. The van der Waals surface area contributed by atoms with Crippen LogP contribution in [-0.2, 0) is 32.0 Å². The van der Waals surface area contributed by atoms with E-state index < -0.39 is 66.4 Å². The van der Waals surface area contributed by atoms with E-state index in [9.17, 15) is 34.2 Å². The molecule has 278 valence electrons. The fourth-order valence-electron chi connectivity index (χ4n) is 5.02. The molecular weight excluding hydrogens is 664 g/mol. The number of aryl methyl sites for hydroxylation is 1. The summed E-state index contributed by atoms with van der Waals surface area (Å²) in [5.41, 5.74) is 1.58. The van der Waals surface area contributed by atoms with E-state index in [0.717, 1.165) is 16.3 Å². The van der Waals surface area contributed by atoms with Crippen molar-refractivity contribution in [1.82, 2.24) is 31.6 Å². The van der Waals surface area contributed by atoms with E-state index in [0.29, 0.717) is 18.7 Å². The lowest BCUT2D eigenvalue weighted by molar-refractivity contribution is -0.133. The summed E-state index contributed by atoms with van der Waals surface area (Å²) in [6, 6.07) is 4.00. The van der Waals surface area contributed by atoms with E-state index in [1.807, 2.05) is 40.0 Å². The molecule has 0 radical (unpaired) electrons. The van der Waals surface area contributed by atoms with Gasteiger partial charge in [0, 0.05) is 35.9 Å². The number of rotatable bonds is 20. The van der Waals surface area contributed by atoms with Crippen LogP contribution < -0.4 is 31.3 Å². The molecule has 0 bridgehead atoms. The number of aliphatic hydroxyl groups is 1. The Morgan fingerprint density at radius 1 is 0.820 bits per heavy atom. The van der Waals surface area contributed by atoms with Gasteiger partial charge in [0.1, 0.15) is 17.8 Å². The smallest absolute Gasteiger partial charge is 0.404 e. The Kier molecular flexibility index (Phi) is 17.1. The van der Waals surface area contributed by atoms with Gasteiger partial charge in [0.15, 0.2) is 0 Å². The number of carboxylic acid groups (broad SMARTS) is 1. The summed E-state index contributed by atoms with van der Waals surface area (Å²) in [4.78, 5) is 68.6. The zero-order valence-corrected chi connectivity index (χ0v) is 31.1. The minimum absolute atomic E-state index is 0.0694. The summed E-state index contributed by atoms with van der Waals surface area (Å²) in [5.74, 6) is -2.58. The van der Waals surface area contributed by atoms with E-state index in [-0.39, 0.29) is 30.6 Å². The normalized spacial score (nSPS) is 14.9. The van der Waals surface area contributed by atoms with Crippen LogP contribution in [0.5, 0.6) is 5.75 Å². The molecule has 0 spiro atoms. The van der Waals surface area contributed by atoms with Crippen molar-refractivity contribution in [2.24, 2.45) is 23.7 Å². The molecule has 14 nitrogen and oxygen atoms in total. The Morgan fingerprint density at radius 2 is 1.46 bits per heavy atom. The maximum Gasteiger partial charge on any atom is 0.404 e. The molecule has 6 atom stereocenters. The number of amides is 5. The minimum atomic E-state index is -1.38. The second-order valence-electron chi connectivity index (χ2n) is 13.5. The van der Waals surface area contributed by atoms with Gasteiger partial charge < -0.3 is 41.5 Å². The van der Waals surface area contributed by atoms with Gasteiger partial charge in [-0.05, 0) is 49.3 Å². The summed E-state index contributed by atoms with van der Waals surface area (Å²) >= 11 is 1.42. The highest BCUT2D eigenvalue weighted by molar-refractivity contribution is 7.09. The number of methoxy groups -OCH3 is 1. The topological polar surface area (TPSA) is 208 Å². The third-order valence-corrected chi connectivity index (χ3v) is 9.06. The van der Waals surface area contributed by atoms with Crippen molar-refractivity contribution in [2.75, 3.05) is 20.2 Å². The highest BCUT2D eigenvalue weighted by Crippen LogP contribution is 2.18. The molecule has 0 saturated heterocycles. The van der Waals surface area contributed by atoms with Gasteiger partial charge in [0.05, 0.1) is 30.8 Å². The quantitative estimate of drug-likeness (QED) is 0.107. The number of carbonyl (C=O) groups is 5. The predicted molar refractivity (Wildman–Crippen MR) is 191 cm³/mol. The van der Waals surface area contributed by atoms with Crippen LogP contribution in [-0.4, -0.2) is 89.3 Å². The van der Waals surface area contributed by atoms with Gasteiger partial charge >= 0.3 is 6.09 Å². The zero-order valence-electron chi connectivity index (χ0n) is 30.2. The molecule has 7 N–H and O–H groups in total. The molecular formula is C35H54N6O8S. The first-order valence-corrected chi connectivity index (χ1v) is 17.8. The Morgan fingerprint density at radius 3 is 2.00 bits per heavy atom. The van der Waals surface area contributed by atoms with Gasteiger partial charge in [0.25, 0.3) is 0 Å². The molecule has 5 amide bonds. The third kappa shape index (κ3) is 14.3. The number of aliphatic hydroxyl groups excluding tert-OH is 1. The van der Waals surface area contributed by atoms with E-state index in [1.165, 1.54) is 18.4 Å². The average molecular weight is 719 g/mol. The Labute approximate surface area is 298 Å². The van der Waals surface area contributed by atoms with E-state index >= 15 is 0 Å². The lowest BCUT2D eigenvalue weighted by atomic mass is 9.92. The fourth-order valence-corrected chi connectivity index (χ4v) is 5.93. The summed E-state index contributed by atoms with van der Waals surface area (Å²) in [6.45, 7) is 12.8. The summed E-state index contributed by atoms with van der Waals surface area (Å²) in [5, 5.41) is 36.6. The monoisotopic (exact) mass is 718 g/mol. The predicted octanol–water partition coefficient (Wildman–Crippen LogP) is 2.42. The van der Waals surface area contributed by atoms with Crippen molar-refractivity contribution >= 4 is 41.1 Å². The molecule has 1 aromatic heterocycles. The number of nitrogens with zero attached hydrogens (tertiary/aromatic N) is 1. The van der Waals surface area contributed by atoms with E-state index in [2.05, 4.69) is 31.6 Å². The van der Waals surface area contributed by atoms with Gasteiger partial charge in [0.2, 0.25) is 23.6 Å². The Hall–Kier alpha value is -4.24. The lowest BCUT2D eigenvalue weighted by Crippen LogP contribution is -2.57. The molecule has 0 aliphatic carbocycles. The summed E-state index contributed by atoms with van der Waals surface area (Å²) in [7, 11) is 1.53. The molecule has 15 heteroatoms. The molecule has 0 aliphatic rings. The molecule has 0 unspecified atom stereocenters. The molecule has 0 aliphatic heterocycles. The molecule has 2 rings (SSSR count). The second-order valence-corrected chi connectivity index (χ2v) is 14.4. The molecule has 0 fully saturated rings. The van der Waals surface area contributed by atoms with Crippen LogP contribution in [0.2, 0.25) is 0 Å². The lowest BCUT2D eigenvalue weighted by Gasteiger charge is -2.29. The number of carbonyl (C=O) groups excluding carboxylic acids is 4. The first-order chi connectivity index (χ1) is 23.5. The van der Waals surface area contributed by atoms with Gasteiger partial charge in [-0.25, -0.2) is 9.78 Å². The number of thiazole rings is 1. The van der Waals surface area contributed by atoms with Gasteiger partial charge in [-0.2, -0.15) is 0 Å². The zero-order chi connectivity index (χ0) is 37.5. The van der Waals surface area contributed by atoms with Gasteiger partial charge in [-0.3, -0.25) is 19.2 Å². The number of hydrogen-bond acceptors (Lipinski definition) is 9. The number of benzene rings is 1. The van der Waals surface area contributed by atoms with Crippen LogP contribution >= 0.6 is 11.3 Å². The van der Waals surface area contributed by atoms with Crippen LogP contribution in [0.25, 0.3) is 0 Å². The molecule has 0 saturated carbocycles. The number of aromatic nitrogens is 1. The minimum Gasteiger partial charge on any atom is -0.497 e. The first kappa shape index (κ1) is 41.9. The van der Waals surface area contributed by atoms with Crippen LogP contribution in [0.1, 0.15) is 64.2 Å². The second kappa shape index (κ2) is 20.4. The van der Waals surface area contributed by atoms with Crippen LogP contribution in [0.3, 0.4) is 0 Å². The van der Waals surface area contributed by atoms with Crippen molar-refractivity contribution in [2.45, 2.75) is 92.0 Å². The summed E-state index contributed by atoms with van der Waals surface area (Å²) < 4.78 is 5.24. The van der Waals surface area contributed by atoms with Crippen LogP contribution in [0, 0.1) is 30.6 Å². The van der Waals surface area contributed by atoms with Gasteiger partial charge in [-0.15, -0.1) is 11.3 Å². The van der Waals surface area contributed by atoms with Crippen molar-refractivity contribution in [1.29, 1.82) is 0 Å². The molecule has 1 aromatic carbocycles. The number of hydrogen-bond donors (Lipinski definition) is 7. The molecule has 2 aromatic rings. The number of ether oxygens (including phenoxy) is 1. The standard InChI is InChI=1S/C35H54N6O8S/c1-19(2)16-36-34(46)30(20(3)4)41-32(44)21(5)13-28(42)26(15-24-9-11-25(49-8)12-10-24)39-33(45)27(17-37-35(47)48)40-31(43)22(6)14-29-38-23(7)18-50-29/h9-12,18-22,26-28,30,37,42H,13-17H2,1-8H3,(H,36,46)(H,39,45)(H,40,43)(H,41,44)(H,47,48)/t21-,22+,26+,27+,28-,30+/m1/s1. The van der Waals surface area contributed by atoms with Crippen molar-refractivity contribution in [3.8, 4) is 5.75 Å². The SMILES string of the molecule is COc1ccc(C[C@H](NC(=O)[C@H](CNC(=O)O)NC(=O)[C@@H](C)Cc2nc(C)cs2)[C@H](O)C[C@@H](C)C(=O)N[C@H](C(=O)NCC(C)C)C(C)C)cc1. The van der Waals surface area contributed by atoms with Crippen molar-refractivity contribution in [3.05, 3.63) is 45.9 Å².